The standard InChI is InChI=1S/C11H14NO.BrH/c1-3-9-5-6-12(4-2)7-10(9)11-8-13-11;/h3,5-7,11H,1,4,8H2,2H3;1H/q+1;/p-1. The number of aryl methyl sites for hydroxylation is 1. The molecule has 0 N–H and O–H groups in total. The molecule has 2 rings (SSSR count). The highest BCUT2D eigenvalue weighted by Crippen LogP contribution is 2.31. The van der Waals surface area contributed by atoms with Gasteiger partial charge < -0.3 is 21.7 Å². The van der Waals surface area contributed by atoms with Gasteiger partial charge in [-0.15, -0.1) is 0 Å². The van der Waals surface area contributed by atoms with Gasteiger partial charge in [-0.2, -0.15) is 0 Å². The fourth-order valence-corrected chi connectivity index (χ4v) is 1.45. The second kappa shape index (κ2) is 4.71. The van der Waals surface area contributed by atoms with Crippen molar-refractivity contribution in [2.75, 3.05) is 6.61 Å². The Hall–Kier alpha value is -0.670. The molecule has 1 unspecified atom stereocenters. The molecule has 1 aliphatic heterocycles. The molecule has 76 valence electrons. The zero-order valence-electron chi connectivity index (χ0n) is 8.24. The van der Waals surface area contributed by atoms with Crippen LogP contribution in [0.4, 0.5) is 0 Å². The summed E-state index contributed by atoms with van der Waals surface area (Å²) in [6.45, 7) is 7.78. The first-order valence-corrected chi connectivity index (χ1v) is 4.62. The van der Waals surface area contributed by atoms with Crippen LogP contribution in [0, 0.1) is 0 Å². The number of epoxide rings is 1. The second-order valence-electron chi connectivity index (χ2n) is 3.21. The summed E-state index contributed by atoms with van der Waals surface area (Å²) in [5.74, 6) is 0. The van der Waals surface area contributed by atoms with Crippen molar-refractivity contribution in [2.45, 2.75) is 19.6 Å². The second-order valence-corrected chi connectivity index (χ2v) is 3.21. The van der Waals surface area contributed by atoms with Gasteiger partial charge in [0.15, 0.2) is 12.4 Å². The first-order valence-electron chi connectivity index (χ1n) is 4.62. The average Bonchev–Trinajstić information content (AvgIpc) is 3.00. The van der Waals surface area contributed by atoms with E-state index in [9.17, 15) is 0 Å². The van der Waals surface area contributed by atoms with Crippen LogP contribution in [0.1, 0.15) is 24.2 Å². The minimum atomic E-state index is 0. The van der Waals surface area contributed by atoms with Crippen molar-refractivity contribution in [3.8, 4) is 0 Å². The summed E-state index contributed by atoms with van der Waals surface area (Å²) >= 11 is 0. The first kappa shape index (κ1) is 11.4. The Labute approximate surface area is 95.0 Å². The monoisotopic (exact) mass is 255 g/mol. The average molecular weight is 256 g/mol. The van der Waals surface area contributed by atoms with Crippen LogP contribution in [-0.2, 0) is 11.3 Å². The SMILES string of the molecule is C=Cc1cc[n+](CC)cc1C1CO1.[Br-]. The molecule has 2 heterocycles. The maximum Gasteiger partial charge on any atom is 0.175 e. The van der Waals surface area contributed by atoms with Crippen LogP contribution in [0.15, 0.2) is 25.0 Å². The molecule has 1 atom stereocenters. The lowest BCUT2D eigenvalue weighted by atomic mass is 10.1. The fourth-order valence-electron chi connectivity index (χ4n) is 1.45. The van der Waals surface area contributed by atoms with Gasteiger partial charge in [-0.3, -0.25) is 0 Å². The third kappa shape index (κ3) is 2.22. The van der Waals surface area contributed by atoms with E-state index in [2.05, 4.69) is 36.5 Å². The van der Waals surface area contributed by atoms with E-state index in [-0.39, 0.29) is 17.0 Å². The minimum Gasteiger partial charge on any atom is -1.00 e. The molecule has 2 nitrogen and oxygen atoms in total. The summed E-state index contributed by atoms with van der Waals surface area (Å²) in [5, 5.41) is 0. The highest BCUT2D eigenvalue weighted by atomic mass is 79.9. The Morgan fingerprint density at radius 3 is 2.93 bits per heavy atom. The summed E-state index contributed by atoms with van der Waals surface area (Å²) in [5.41, 5.74) is 2.45. The lowest BCUT2D eigenvalue weighted by molar-refractivity contribution is -0.694. The maximum absolute atomic E-state index is 5.28. The molecule has 1 saturated heterocycles. The van der Waals surface area contributed by atoms with Crippen molar-refractivity contribution in [1.29, 1.82) is 0 Å². The van der Waals surface area contributed by atoms with E-state index < -0.39 is 0 Å². The molecule has 1 aromatic heterocycles. The molecule has 1 aromatic rings. The Morgan fingerprint density at radius 1 is 1.71 bits per heavy atom. The number of pyridine rings is 1. The van der Waals surface area contributed by atoms with E-state index in [1.807, 2.05) is 6.08 Å². The van der Waals surface area contributed by atoms with Gasteiger partial charge in [0.05, 0.1) is 12.2 Å². The molecule has 0 saturated carbocycles. The summed E-state index contributed by atoms with van der Waals surface area (Å²) in [6, 6.07) is 2.09. The number of nitrogens with zero attached hydrogens (tertiary/aromatic N) is 1. The van der Waals surface area contributed by atoms with Crippen LogP contribution < -0.4 is 21.5 Å². The molecule has 0 aromatic carbocycles. The molecule has 0 radical (unpaired) electrons. The first-order chi connectivity index (χ1) is 6.35. The molecule has 14 heavy (non-hydrogen) atoms. The zero-order valence-corrected chi connectivity index (χ0v) is 9.83. The molecule has 3 heteroatoms. The van der Waals surface area contributed by atoms with Gasteiger partial charge in [-0.25, -0.2) is 4.57 Å². The number of hydrogen-bond acceptors (Lipinski definition) is 1. The fraction of sp³-hybridized carbons (Fsp3) is 0.364. The summed E-state index contributed by atoms with van der Waals surface area (Å²) < 4.78 is 7.43. The van der Waals surface area contributed by atoms with Crippen LogP contribution in [-0.4, -0.2) is 6.61 Å². The van der Waals surface area contributed by atoms with Gasteiger partial charge in [-0.05, 0) is 12.5 Å². The van der Waals surface area contributed by atoms with Crippen molar-refractivity contribution in [1.82, 2.24) is 0 Å². The Kier molecular flexibility index (Phi) is 3.84. The summed E-state index contributed by atoms with van der Waals surface area (Å²) in [7, 11) is 0. The number of rotatable bonds is 3. The molecular formula is C11H14BrNO. The Bertz CT molecular complexity index is 334. The summed E-state index contributed by atoms with van der Waals surface area (Å²) in [6.07, 6.45) is 6.42. The molecule has 1 aliphatic rings. The molecular weight excluding hydrogens is 242 g/mol. The third-order valence-corrected chi connectivity index (χ3v) is 2.35. The smallest absolute Gasteiger partial charge is 0.175 e. The highest BCUT2D eigenvalue weighted by Gasteiger charge is 2.29. The van der Waals surface area contributed by atoms with Crippen LogP contribution in [0.3, 0.4) is 0 Å². The van der Waals surface area contributed by atoms with E-state index in [4.69, 9.17) is 4.74 Å². The van der Waals surface area contributed by atoms with Crippen LogP contribution in [0.25, 0.3) is 6.08 Å². The number of hydrogen-bond donors (Lipinski definition) is 0. The number of halogens is 1. The van der Waals surface area contributed by atoms with Gasteiger partial charge in [0.25, 0.3) is 0 Å². The third-order valence-electron chi connectivity index (χ3n) is 2.35. The lowest BCUT2D eigenvalue weighted by Crippen LogP contribution is -3.00. The van der Waals surface area contributed by atoms with Gasteiger partial charge in [0.1, 0.15) is 12.6 Å². The van der Waals surface area contributed by atoms with Crippen LogP contribution in [0.5, 0.6) is 0 Å². The maximum atomic E-state index is 5.28. The van der Waals surface area contributed by atoms with Gasteiger partial charge in [-0.1, -0.05) is 12.7 Å². The Balaban J connectivity index is 0.000000980. The molecule has 0 amide bonds. The van der Waals surface area contributed by atoms with E-state index in [1.165, 1.54) is 11.1 Å². The van der Waals surface area contributed by atoms with Crippen molar-refractivity contribution >= 4 is 6.08 Å². The van der Waals surface area contributed by atoms with Crippen molar-refractivity contribution in [3.63, 3.8) is 0 Å². The number of ether oxygens (including phenoxy) is 1. The number of aromatic nitrogens is 1. The van der Waals surface area contributed by atoms with Crippen molar-refractivity contribution in [3.05, 3.63) is 36.2 Å². The quantitative estimate of drug-likeness (QED) is 0.486. The van der Waals surface area contributed by atoms with E-state index >= 15 is 0 Å². The molecule has 0 aliphatic carbocycles. The Morgan fingerprint density at radius 2 is 2.43 bits per heavy atom. The summed E-state index contributed by atoms with van der Waals surface area (Å²) in [4.78, 5) is 0. The zero-order chi connectivity index (χ0) is 9.26. The van der Waals surface area contributed by atoms with Gasteiger partial charge >= 0.3 is 0 Å². The predicted molar refractivity (Wildman–Crippen MR) is 51.1 cm³/mol. The normalized spacial score (nSPS) is 18.5. The highest BCUT2D eigenvalue weighted by molar-refractivity contribution is 5.51. The van der Waals surface area contributed by atoms with Crippen LogP contribution in [0.2, 0.25) is 0 Å². The van der Waals surface area contributed by atoms with Crippen molar-refractivity contribution in [2.24, 2.45) is 0 Å². The molecule has 0 spiro atoms. The van der Waals surface area contributed by atoms with E-state index in [1.54, 1.807) is 0 Å². The van der Waals surface area contributed by atoms with Crippen LogP contribution >= 0.6 is 0 Å². The van der Waals surface area contributed by atoms with Crippen molar-refractivity contribution < 1.29 is 26.3 Å². The largest absolute Gasteiger partial charge is 1.00 e. The molecule has 1 fully saturated rings. The minimum absolute atomic E-state index is 0. The van der Waals surface area contributed by atoms with E-state index in [0.29, 0.717) is 6.10 Å². The predicted octanol–water partition coefficient (Wildman–Crippen LogP) is -1.29. The molecule has 0 bridgehead atoms. The van der Waals surface area contributed by atoms with Gasteiger partial charge in [0, 0.05) is 6.07 Å². The topological polar surface area (TPSA) is 16.4 Å². The lowest BCUT2D eigenvalue weighted by Gasteiger charge is -2.00. The van der Waals surface area contributed by atoms with E-state index in [0.717, 1.165) is 13.2 Å². The van der Waals surface area contributed by atoms with Gasteiger partial charge in [0.2, 0.25) is 0 Å².